The molecular weight excluding hydrogens is 513 g/mol. The first-order chi connectivity index (χ1) is 14.2. The van der Waals surface area contributed by atoms with Gasteiger partial charge in [-0.2, -0.15) is 0 Å². The Hall–Kier alpha value is -2.14. The number of piperazine rings is 1. The van der Waals surface area contributed by atoms with Gasteiger partial charge >= 0.3 is 0 Å². The molecule has 0 radical (unpaired) electrons. The van der Waals surface area contributed by atoms with Gasteiger partial charge in [-0.25, -0.2) is 0 Å². The molecule has 0 unspecified atom stereocenters. The second-order valence-corrected chi connectivity index (χ2v) is 7.89. The van der Waals surface area contributed by atoms with Gasteiger partial charge in [0.1, 0.15) is 0 Å². The largest absolute Gasteiger partial charge is 0.360 e. The Labute approximate surface area is 197 Å². The zero-order chi connectivity index (χ0) is 20.2. The summed E-state index contributed by atoms with van der Waals surface area (Å²) < 4.78 is 0. The monoisotopic (exact) mass is 539 g/mol. The van der Waals surface area contributed by atoms with Crippen LogP contribution in [-0.2, 0) is 0 Å². The van der Waals surface area contributed by atoms with Crippen molar-refractivity contribution < 1.29 is 9.59 Å². The van der Waals surface area contributed by atoms with Gasteiger partial charge in [-0.05, 0) is 36.6 Å². The van der Waals surface area contributed by atoms with Crippen molar-refractivity contribution in [2.75, 3.05) is 50.7 Å². The molecule has 0 bridgehead atoms. The minimum atomic E-state index is -0.227. The van der Waals surface area contributed by atoms with E-state index in [-0.39, 0.29) is 42.3 Å². The fraction of sp³-hybridized carbons (Fsp3) is 0.381. The number of carbonyl (C=O) groups excluding carboxylic acids is 2. The molecule has 7 nitrogen and oxygen atoms in total. The quantitative estimate of drug-likeness (QED) is 0.274. The fourth-order valence-electron chi connectivity index (χ4n) is 3.71. The summed E-state index contributed by atoms with van der Waals surface area (Å²) in [6, 6.07) is 11.2. The van der Waals surface area contributed by atoms with Gasteiger partial charge < -0.3 is 15.1 Å². The molecule has 0 spiro atoms. The summed E-state index contributed by atoms with van der Waals surface area (Å²) in [5.74, 6) is 0.390. The van der Waals surface area contributed by atoms with Gasteiger partial charge in [-0.1, -0.05) is 12.1 Å². The third kappa shape index (κ3) is 4.61. The summed E-state index contributed by atoms with van der Waals surface area (Å²) >= 11 is 1.76. The Bertz CT molecular complexity index is 875. The smallest absolute Gasteiger partial charge is 0.261 e. The highest BCUT2D eigenvalue weighted by Crippen LogP contribution is 2.23. The van der Waals surface area contributed by atoms with E-state index >= 15 is 0 Å². The lowest BCUT2D eigenvalue weighted by atomic mass is 10.1. The van der Waals surface area contributed by atoms with Crippen LogP contribution in [0.5, 0.6) is 0 Å². The van der Waals surface area contributed by atoms with Crippen molar-refractivity contribution in [3.05, 3.63) is 52.9 Å². The summed E-state index contributed by atoms with van der Waals surface area (Å²) in [5.41, 5.74) is 0.969. The lowest BCUT2D eigenvalue weighted by Gasteiger charge is -2.37. The van der Waals surface area contributed by atoms with E-state index in [1.807, 2.05) is 6.92 Å². The molecule has 1 aromatic carbocycles. The highest BCUT2D eigenvalue weighted by Gasteiger charge is 2.34. The molecular formula is C21H26IN5O2S. The third-order valence-corrected chi connectivity index (χ3v) is 6.12. The van der Waals surface area contributed by atoms with Crippen molar-refractivity contribution in [1.82, 2.24) is 15.1 Å². The molecule has 2 amide bonds. The second kappa shape index (κ2) is 10.3. The van der Waals surface area contributed by atoms with Gasteiger partial charge in [0.2, 0.25) is 0 Å². The van der Waals surface area contributed by atoms with Gasteiger partial charge in [0.15, 0.2) is 5.96 Å². The first kappa shape index (κ1) is 22.5. The van der Waals surface area contributed by atoms with Crippen LogP contribution in [0.1, 0.15) is 27.6 Å². The van der Waals surface area contributed by atoms with Crippen molar-refractivity contribution in [3.8, 4) is 0 Å². The number of nitrogens with zero attached hydrogens (tertiary/aromatic N) is 4. The topological polar surface area (TPSA) is 68.2 Å². The van der Waals surface area contributed by atoms with Gasteiger partial charge in [0, 0.05) is 39.3 Å². The predicted octanol–water partition coefficient (Wildman–Crippen LogP) is 2.75. The minimum Gasteiger partial charge on any atom is -0.360 e. The van der Waals surface area contributed by atoms with E-state index in [2.05, 4.69) is 37.6 Å². The molecule has 1 N–H and O–H groups in total. The molecule has 160 valence electrons. The number of amides is 2. The molecule has 0 atom stereocenters. The molecule has 2 aliphatic rings. The van der Waals surface area contributed by atoms with Crippen molar-refractivity contribution in [2.45, 2.75) is 6.92 Å². The van der Waals surface area contributed by atoms with Crippen LogP contribution in [0.4, 0.5) is 5.00 Å². The fourth-order valence-corrected chi connectivity index (χ4v) is 4.50. The van der Waals surface area contributed by atoms with Crippen molar-refractivity contribution >= 4 is 58.1 Å². The lowest BCUT2D eigenvalue weighted by Crippen LogP contribution is -2.52. The molecule has 0 aliphatic carbocycles. The molecule has 4 rings (SSSR count). The maximum Gasteiger partial charge on any atom is 0.261 e. The number of imide groups is 1. The van der Waals surface area contributed by atoms with E-state index in [0.717, 1.165) is 38.7 Å². The number of fused-ring (bicyclic) bond motifs is 1. The standard InChI is InChI=1S/C21H25N5O2S.HI/c1-2-22-21(25-13-11-24(12-14-25)18-8-5-15-29-18)23-9-10-26-19(27)16-6-3-4-7-17(16)20(26)28;/h3-8,15H,2,9-14H2,1H3,(H,22,23);1H. The maximum atomic E-state index is 12.5. The number of halogens is 1. The van der Waals surface area contributed by atoms with Crippen LogP contribution in [0.15, 0.2) is 46.8 Å². The summed E-state index contributed by atoms with van der Waals surface area (Å²) in [6.07, 6.45) is 0. The number of anilines is 1. The molecule has 1 fully saturated rings. The van der Waals surface area contributed by atoms with Gasteiger partial charge in [0.25, 0.3) is 11.8 Å². The summed E-state index contributed by atoms with van der Waals surface area (Å²) in [5, 5.41) is 6.75. The Morgan fingerprint density at radius 1 is 1.03 bits per heavy atom. The molecule has 0 saturated carbocycles. The number of rotatable bonds is 5. The summed E-state index contributed by atoms with van der Waals surface area (Å²) in [7, 11) is 0. The van der Waals surface area contributed by atoms with Crippen LogP contribution in [0, 0.1) is 0 Å². The molecule has 9 heteroatoms. The van der Waals surface area contributed by atoms with Crippen LogP contribution in [0.25, 0.3) is 0 Å². The predicted molar refractivity (Wildman–Crippen MR) is 131 cm³/mol. The highest BCUT2D eigenvalue weighted by molar-refractivity contribution is 14.0. The van der Waals surface area contributed by atoms with Crippen LogP contribution in [0.3, 0.4) is 0 Å². The zero-order valence-electron chi connectivity index (χ0n) is 16.9. The van der Waals surface area contributed by atoms with E-state index in [1.165, 1.54) is 9.90 Å². The number of benzene rings is 1. The number of hydrogen-bond acceptors (Lipinski definition) is 5. The van der Waals surface area contributed by atoms with E-state index < -0.39 is 0 Å². The summed E-state index contributed by atoms with van der Waals surface area (Å²) in [4.78, 5) is 35.6. The number of thiophene rings is 1. The van der Waals surface area contributed by atoms with E-state index in [4.69, 9.17) is 0 Å². The summed E-state index contributed by atoms with van der Waals surface area (Å²) in [6.45, 7) is 7.16. The minimum absolute atomic E-state index is 0. The second-order valence-electron chi connectivity index (χ2n) is 6.97. The SMILES string of the molecule is CCNC(=NCCN1C(=O)c2ccccc2C1=O)N1CCN(c2cccs2)CC1.I. The number of aliphatic imine (C=N–C) groups is 1. The van der Waals surface area contributed by atoms with Crippen LogP contribution in [0.2, 0.25) is 0 Å². The van der Waals surface area contributed by atoms with Crippen LogP contribution in [-0.4, -0.2) is 73.4 Å². The third-order valence-electron chi connectivity index (χ3n) is 5.20. The Balaban J connectivity index is 0.00000256. The lowest BCUT2D eigenvalue weighted by molar-refractivity contribution is 0.0659. The normalized spacial score (nSPS) is 16.6. The molecule has 30 heavy (non-hydrogen) atoms. The molecule has 3 heterocycles. The van der Waals surface area contributed by atoms with Crippen LogP contribution >= 0.6 is 35.3 Å². The highest BCUT2D eigenvalue weighted by atomic mass is 127. The van der Waals surface area contributed by atoms with Gasteiger partial charge in [0.05, 0.1) is 22.7 Å². The Kier molecular flexibility index (Phi) is 7.70. The number of nitrogens with one attached hydrogen (secondary N) is 1. The van der Waals surface area contributed by atoms with E-state index in [1.54, 1.807) is 35.6 Å². The molecule has 2 aliphatic heterocycles. The molecule has 1 saturated heterocycles. The van der Waals surface area contributed by atoms with E-state index in [9.17, 15) is 9.59 Å². The maximum absolute atomic E-state index is 12.5. The molecule has 1 aromatic heterocycles. The van der Waals surface area contributed by atoms with Gasteiger partial charge in [-0.3, -0.25) is 19.5 Å². The van der Waals surface area contributed by atoms with Gasteiger partial charge in [-0.15, -0.1) is 35.3 Å². The number of guanidine groups is 1. The van der Waals surface area contributed by atoms with Crippen molar-refractivity contribution in [3.63, 3.8) is 0 Å². The first-order valence-electron chi connectivity index (χ1n) is 9.96. The van der Waals surface area contributed by atoms with Crippen molar-refractivity contribution in [1.29, 1.82) is 0 Å². The number of hydrogen-bond donors (Lipinski definition) is 1. The van der Waals surface area contributed by atoms with Crippen molar-refractivity contribution in [2.24, 2.45) is 4.99 Å². The Morgan fingerprint density at radius 3 is 2.27 bits per heavy atom. The average molecular weight is 539 g/mol. The van der Waals surface area contributed by atoms with E-state index in [0.29, 0.717) is 17.7 Å². The van der Waals surface area contributed by atoms with Crippen LogP contribution < -0.4 is 10.2 Å². The Morgan fingerprint density at radius 2 is 1.70 bits per heavy atom. The molecule has 2 aromatic rings. The zero-order valence-corrected chi connectivity index (χ0v) is 20.1. The number of carbonyl (C=O) groups is 2. The average Bonchev–Trinajstić information content (AvgIpc) is 3.37. The first-order valence-corrected chi connectivity index (χ1v) is 10.8.